The molecule has 0 spiro atoms. The normalized spacial score (nSPS) is 11.1. The third-order valence-electron chi connectivity index (χ3n) is 3.71. The second-order valence-corrected chi connectivity index (χ2v) is 6.34. The molecule has 0 aliphatic heterocycles. The molecular formula is C18H14N2O3S. The summed E-state index contributed by atoms with van der Waals surface area (Å²) in [5.74, 6) is 1.05. The Labute approximate surface area is 142 Å². The summed E-state index contributed by atoms with van der Waals surface area (Å²) < 4.78 is 13.4. The van der Waals surface area contributed by atoms with Gasteiger partial charge in [0.1, 0.15) is 11.5 Å². The Hall–Kier alpha value is -2.86. The van der Waals surface area contributed by atoms with Crippen LogP contribution in [0, 0.1) is 0 Å². The molecule has 0 unspecified atom stereocenters. The molecule has 5 nitrogen and oxygen atoms in total. The zero-order valence-electron chi connectivity index (χ0n) is 13.1. The SMILES string of the molecule is COc1ccc(-c2cn3c(n2)sc2cc(OC(C)=O)ccc23)cc1. The summed E-state index contributed by atoms with van der Waals surface area (Å²) in [6, 6.07) is 13.4. The van der Waals surface area contributed by atoms with Gasteiger partial charge in [0.2, 0.25) is 0 Å². The lowest BCUT2D eigenvalue weighted by atomic mass is 10.2. The standard InChI is InChI=1S/C18H14N2O3S/c1-11(21)23-14-7-8-16-17(9-14)24-18-19-15(10-20(16)18)12-3-5-13(22-2)6-4-12/h3-10H,1-2H3. The molecule has 4 aromatic rings. The minimum atomic E-state index is -0.322. The van der Waals surface area contributed by atoms with Gasteiger partial charge in [-0.3, -0.25) is 9.20 Å². The molecule has 0 saturated carbocycles. The van der Waals surface area contributed by atoms with E-state index in [-0.39, 0.29) is 5.97 Å². The second-order valence-electron chi connectivity index (χ2n) is 5.33. The van der Waals surface area contributed by atoms with E-state index in [1.54, 1.807) is 24.5 Å². The number of methoxy groups -OCH3 is 1. The summed E-state index contributed by atoms with van der Waals surface area (Å²) in [6.45, 7) is 1.40. The van der Waals surface area contributed by atoms with Crippen molar-refractivity contribution < 1.29 is 14.3 Å². The third-order valence-corrected chi connectivity index (χ3v) is 4.73. The number of esters is 1. The maximum atomic E-state index is 11.1. The molecule has 0 fully saturated rings. The lowest BCUT2D eigenvalue weighted by Gasteiger charge is -2.01. The number of benzene rings is 2. The fraction of sp³-hybridized carbons (Fsp3) is 0.111. The highest BCUT2D eigenvalue weighted by molar-refractivity contribution is 7.23. The number of carbonyl (C=O) groups is 1. The van der Waals surface area contributed by atoms with Crippen LogP contribution in [-0.2, 0) is 4.79 Å². The Kier molecular flexibility index (Phi) is 3.46. The first-order valence-corrected chi connectivity index (χ1v) is 8.20. The van der Waals surface area contributed by atoms with E-state index < -0.39 is 0 Å². The van der Waals surface area contributed by atoms with E-state index in [1.807, 2.05) is 42.6 Å². The average Bonchev–Trinajstić information content (AvgIpc) is 3.11. The van der Waals surface area contributed by atoms with E-state index in [0.717, 1.165) is 32.2 Å². The fourth-order valence-electron chi connectivity index (χ4n) is 2.61. The number of fused-ring (bicyclic) bond motifs is 3. The Morgan fingerprint density at radius 3 is 2.58 bits per heavy atom. The number of thiazole rings is 1. The summed E-state index contributed by atoms with van der Waals surface area (Å²) in [4.78, 5) is 16.7. The van der Waals surface area contributed by atoms with Crippen molar-refractivity contribution in [3.8, 4) is 22.8 Å². The minimum Gasteiger partial charge on any atom is -0.497 e. The molecule has 0 N–H and O–H groups in total. The quantitative estimate of drug-likeness (QED) is 0.416. The average molecular weight is 338 g/mol. The van der Waals surface area contributed by atoms with Gasteiger partial charge < -0.3 is 9.47 Å². The molecule has 0 bridgehead atoms. The molecule has 120 valence electrons. The van der Waals surface area contributed by atoms with E-state index in [1.165, 1.54) is 6.92 Å². The predicted molar refractivity (Wildman–Crippen MR) is 93.9 cm³/mol. The molecule has 2 aromatic carbocycles. The van der Waals surface area contributed by atoms with Gasteiger partial charge in [0.25, 0.3) is 0 Å². The summed E-state index contributed by atoms with van der Waals surface area (Å²) in [6.07, 6.45) is 2.02. The summed E-state index contributed by atoms with van der Waals surface area (Å²) in [7, 11) is 1.65. The molecule has 24 heavy (non-hydrogen) atoms. The summed E-state index contributed by atoms with van der Waals surface area (Å²) in [5, 5.41) is 0. The van der Waals surface area contributed by atoms with Gasteiger partial charge in [-0.25, -0.2) is 4.98 Å². The monoisotopic (exact) mass is 338 g/mol. The van der Waals surface area contributed by atoms with Crippen LogP contribution >= 0.6 is 11.3 Å². The number of hydrogen-bond acceptors (Lipinski definition) is 5. The van der Waals surface area contributed by atoms with Gasteiger partial charge >= 0.3 is 5.97 Å². The number of ether oxygens (including phenoxy) is 2. The minimum absolute atomic E-state index is 0.322. The molecule has 0 saturated heterocycles. The Morgan fingerprint density at radius 1 is 1.12 bits per heavy atom. The Balaban J connectivity index is 1.76. The highest BCUT2D eigenvalue weighted by atomic mass is 32.1. The fourth-order valence-corrected chi connectivity index (χ4v) is 3.65. The van der Waals surface area contributed by atoms with Gasteiger partial charge in [0.05, 0.1) is 23.0 Å². The number of hydrogen-bond donors (Lipinski definition) is 0. The molecule has 2 aromatic heterocycles. The highest BCUT2D eigenvalue weighted by Gasteiger charge is 2.11. The molecule has 0 amide bonds. The molecule has 2 heterocycles. The van der Waals surface area contributed by atoms with E-state index in [4.69, 9.17) is 14.5 Å². The van der Waals surface area contributed by atoms with Crippen LogP contribution in [0.3, 0.4) is 0 Å². The zero-order valence-corrected chi connectivity index (χ0v) is 14.0. The lowest BCUT2D eigenvalue weighted by Crippen LogP contribution is -2.00. The van der Waals surface area contributed by atoms with Crippen LogP contribution in [0.15, 0.2) is 48.7 Å². The molecule has 0 radical (unpaired) electrons. The van der Waals surface area contributed by atoms with Gasteiger partial charge in [0, 0.05) is 24.8 Å². The molecule has 0 aliphatic carbocycles. The van der Waals surface area contributed by atoms with Gasteiger partial charge in [-0.1, -0.05) is 11.3 Å². The second kappa shape index (κ2) is 5.65. The number of nitrogens with zero attached hydrogens (tertiary/aromatic N) is 2. The largest absolute Gasteiger partial charge is 0.497 e. The van der Waals surface area contributed by atoms with Crippen molar-refractivity contribution in [2.24, 2.45) is 0 Å². The van der Waals surface area contributed by atoms with Crippen molar-refractivity contribution in [3.63, 3.8) is 0 Å². The summed E-state index contributed by atoms with van der Waals surface area (Å²) >= 11 is 1.56. The van der Waals surface area contributed by atoms with Crippen LogP contribution in [-0.4, -0.2) is 22.5 Å². The van der Waals surface area contributed by atoms with Crippen LogP contribution in [0.2, 0.25) is 0 Å². The van der Waals surface area contributed by atoms with Gasteiger partial charge in [-0.15, -0.1) is 0 Å². The zero-order chi connectivity index (χ0) is 16.7. The van der Waals surface area contributed by atoms with Crippen molar-refractivity contribution in [2.45, 2.75) is 6.92 Å². The molecule has 0 atom stereocenters. The molecule has 0 aliphatic rings. The van der Waals surface area contributed by atoms with Crippen molar-refractivity contribution >= 4 is 32.5 Å². The van der Waals surface area contributed by atoms with Crippen LogP contribution in [0.5, 0.6) is 11.5 Å². The lowest BCUT2D eigenvalue weighted by molar-refractivity contribution is -0.131. The first-order chi connectivity index (χ1) is 11.6. The predicted octanol–water partition coefficient (Wildman–Crippen LogP) is 4.15. The maximum Gasteiger partial charge on any atom is 0.308 e. The first-order valence-electron chi connectivity index (χ1n) is 7.38. The topological polar surface area (TPSA) is 52.8 Å². The van der Waals surface area contributed by atoms with E-state index in [2.05, 4.69) is 4.40 Å². The van der Waals surface area contributed by atoms with Crippen molar-refractivity contribution in [1.82, 2.24) is 9.38 Å². The molecule has 4 rings (SSSR count). The third kappa shape index (κ3) is 2.51. The van der Waals surface area contributed by atoms with Gasteiger partial charge in [0.15, 0.2) is 4.96 Å². The van der Waals surface area contributed by atoms with Gasteiger partial charge in [-0.05, 0) is 36.4 Å². The van der Waals surface area contributed by atoms with Crippen molar-refractivity contribution in [1.29, 1.82) is 0 Å². The van der Waals surface area contributed by atoms with Crippen molar-refractivity contribution in [3.05, 3.63) is 48.7 Å². The van der Waals surface area contributed by atoms with Gasteiger partial charge in [-0.2, -0.15) is 0 Å². The van der Waals surface area contributed by atoms with Crippen molar-refractivity contribution in [2.75, 3.05) is 7.11 Å². The Morgan fingerprint density at radius 2 is 1.88 bits per heavy atom. The number of rotatable bonds is 3. The van der Waals surface area contributed by atoms with E-state index in [0.29, 0.717) is 5.75 Å². The number of aromatic nitrogens is 2. The van der Waals surface area contributed by atoms with Crippen LogP contribution in [0.4, 0.5) is 0 Å². The number of imidazole rings is 1. The van der Waals surface area contributed by atoms with Crippen LogP contribution in [0.25, 0.3) is 26.4 Å². The van der Waals surface area contributed by atoms with Crippen LogP contribution in [0.1, 0.15) is 6.92 Å². The maximum absolute atomic E-state index is 11.1. The highest BCUT2D eigenvalue weighted by Crippen LogP contribution is 2.32. The molecule has 6 heteroatoms. The molecular weight excluding hydrogens is 324 g/mol. The van der Waals surface area contributed by atoms with E-state index >= 15 is 0 Å². The Bertz CT molecular complexity index is 1050. The smallest absolute Gasteiger partial charge is 0.308 e. The number of carbonyl (C=O) groups excluding carboxylic acids is 1. The first kappa shape index (κ1) is 14.7. The van der Waals surface area contributed by atoms with E-state index in [9.17, 15) is 4.79 Å². The van der Waals surface area contributed by atoms with Crippen LogP contribution < -0.4 is 9.47 Å². The summed E-state index contributed by atoms with van der Waals surface area (Å²) in [5.41, 5.74) is 2.99.